The van der Waals surface area contributed by atoms with Crippen LogP contribution in [-0.2, 0) is 4.79 Å². The van der Waals surface area contributed by atoms with Crippen molar-refractivity contribution >= 4 is 5.91 Å². The molecule has 2 aliphatic rings. The number of rotatable bonds is 3. The van der Waals surface area contributed by atoms with E-state index in [1.165, 1.54) is 10.9 Å². The van der Waals surface area contributed by atoms with Gasteiger partial charge in [0.25, 0.3) is 0 Å². The molecule has 1 amide bonds. The second-order valence-corrected chi connectivity index (χ2v) is 7.43. The Bertz CT molecular complexity index is 814. The number of carbonyl (C=O) groups excluding carboxylic acids is 1. The number of nitrogens with zero attached hydrogens (tertiary/aromatic N) is 5. The zero-order chi connectivity index (χ0) is 19.0. The summed E-state index contributed by atoms with van der Waals surface area (Å²) in [6.45, 7) is 5.36. The van der Waals surface area contributed by atoms with Gasteiger partial charge in [0.2, 0.25) is 5.91 Å². The summed E-state index contributed by atoms with van der Waals surface area (Å²) in [6.07, 6.45) is 5.87. The Labute approximate surface area is 158 Å². The lowest BCUT2D eigenvalue weighted by Gasteiger charge is -2.51. The van der Waals surface area contributed by atoms with Crippen molar-refractivity contribution in [1.29, 1.82) is 0 Å². The summed E-state index contributed by atoms with van der Waals surface area (Å²) in [5.74, 6) is 0.363. The number of hydrogen-bond acceptors (Lipinski definition) is 5. The fraction of sp³-hybridized carbons (Fsp3) is 0.526. The molecule has 0 radical (unpaired) electrons. The van der Waals surface area contributed by atoms with Gasteiger partial charge in [-0.05, 0) is 51.5 Å². The third-order valence-electron chi connectivity index (χ3n) is 6.00. The molecule has 2 aromatic heterocycles. The molecule has 0 aromatic carbocycles. The molecule has 0 aliphatic carbocycles. The third kappa shape index (κ3) is 3.12. The van der Waals surface area contributed by atoms with Crippen LogP contribution in [0.2, 0.25) is 0 Å². The number of carbonyl (C=O) groups is 1. The van der Waals surface area contributed by atoms with Crippen molar-refractivity contribution in [3.63, 3.8) is 0 Å². The maximum Gasteiger partial charge on any atom is 0.243 e. The van der Waals surface area contributed by atoms with Crippen molar-refractivity contribution in [1.82, 2.24) is 29.9 Å². The molecule has 0 unspecified atom stereocenters. The lowest BCUT2D eigenvalue weighted by atomic mass is 9.83. The molecular formula is C19H25FN6O. The molecule has 2 aromatic rings. The molecule has 2 saturated heterocycles. The van der Waals surface area contributed by atoms with E-state index in [-0.39, 0.29) is 11.9 Å². The van der Waals surface area contributed by atoms with Crippen LogP contribution in [-0.4, -0.2) is 69.2 Å². The van der Waals surface area contributed by atoms with Gasteiger partial charge in [-0.2, -0.15) is 5.10 Å². The number of amides is 1. The van der Waals surface area contributed by atoms with Gasteiger partial charge >= 0.3 is 0 Å². The predicted octanol–water partition coefficient (Wildman–Crippen LogP) is 1.36. The Morgan fingerprint density at radius 2 is 2.00 bits per heavy atom. The number of piperidine rings is 1. The van der Waals surface area contributed by atoms with E-state index < -0.39 is 11.4 Å². The molecule has 0 bridgehead atoms. The quantitative estimate of drug-likeness (QED) is 0.881. The van der Waals surface area contributed by atoms with Gasteiger partial charge in [0.1, 0.15) is 5.54 Å². The van der Waals surface area contributed by atoms with Crippen LogP contribution in [0.25, 0.3) is 5.82 Å². The Kier molecular flexibility index (Phi) is 4.69. The Morgan fingerprint density at radius 1 is 1.22 bits per heavy atom. The van der Waals surface area contributed by atoms with E-state index in [0.29, 0.717) is 12.4 Å². The minimum atomic E-state index is -0.399. The second kappa shape index (κ2) is 7.01. The van der Waals surface area contributed by atoms with Crippen molar-refractivity contribution in [3.05, 3.63) is 42.1 Å². The highest BCUT2D eigenvalue weighted by Crippen LogP contribution is 2.34. The van der Waals surface area contributed by atoms with Crippen LogP contribution in [0, 0.1) is 5.82 Å². The molecule has 2 aliphatic heterocycles. The Balaban J connectivity index is 1.55. The first-order valence-corrected chi connectivity index (χ1v) is 9.41. The van der Waals surface area contributed by atoms with Crippen LogP contribution < -0.4 is 5.32 Å². The van der Waals surface area contributed by atoms with Gasteiger partial charge in [-0.15, -0.1) is 0 Å². The fourth-order valence-electron chi connectivity index (χ4n) is 4.20. The highest BCUT2D eigenvalue weighted by molar-refractivity contribution is 5.87. The molecule has 1 spiro atoms. The van der Waals surface area contributed by atoms with Crippen LogP contribution >= 0.6 is 0 Å². The minimum Gasteiger partial charge on any atom is -0.333 e. The third-order valence-corrected chi connectivity index (χ3v) is 6.00. The summed E-state index contributed by atoms with van der Waals surface area (Å²) in [5.41, 5.74) is 0.575. The zero-order valence-corrected chi connectivity index (χ0v) is 15.7. The van der Waals surface area contributed by atoms with Crippen molar-refractivity contribution in [3.8, 4) is 5.82 Å². The smallest absolute Gasteiger partial charge is 0.243 e. The molecule has 2 fully saturated rings. The monoisotopic (exact) mass is 372 g/mol. The highest BCUT2D eigenvalue weighted by atomic mass is 19.1. The molecule has 144 valence electrons. The highest BCUT2D eigenvalue weighted by Gasteiger charge is 2.49. The summed E-state index contributed by atoms with van der Waals surface area (Å²) in [5, 5.41) is 7.29. The van der Waals surface area contributed by atoms with Crippen molar-refractivity contribution in [2.45, 2.75) is 31.3 Å². The van der Waals surface area contributed by atoms with E-state index in [0.717, 1.165) is 44.2 Å². The van der Waals surface area contributed by atoms with Gasteiger partial charge in [-0.3, -0.25) is 9.69 Å². The molecule has 1 atom stereocenters. The molecule has 1 N–H and O–H groups in total. The molecule has 27 heavy (non-hydrogen) atoms. The fourth-order valence-corrected chi connectivity index (χ4v) is 4.20. The average Bonchev–Trinajstić information content (AvgIpc) is 3.13. The van der Waals surface area contributed by atoms with Crippen molar-refractivity contribution < 1.29 is 9.18 Å². The van der Waals surface area contributed by atoms with E-state index in [4.69, 9.17) is 0 Å². The van der Waals surface area contributed by atoms with Gasteiger partial charge in [0.05, 0.1) is 18.4 Å². The van der Waals surface area contributed by atoms with Gasteiger partial charge < -0.3 is 10.2 Å². The number of hydrogen-bond donors (Lipinski definition) is 1. The van der Waals surface area contributed by atoms with Crippen molar-refractivity contribution in [2.24, 2.45) is 0 Å². The second-order valence-electron chi connectivity index (χ2n) is 7.43. The molecular weight excluding hydrogens is 347 g/mol. The predicted molar refractivity (Wildman–Crippen MR) is 98.9 cm³/mol. The molecule has 0 saturated carbocycles. The van der Waals surface area contributed by atoms with Gasteiger partial charge in [-0.25, -0.2) is 14.1 Å². The van der Waals surface area contributed by atoms with Gasteiger partial charge in [0.15, 0.2) is 11.6 Å². The zero-order valence-electron chi connectivity index (χ0n) is 15.7. The topological polar surface area (TPSA) is 66.3 Å². The van der Waals surface area contributed by atoms with Crippen LogP contribution in [0.4, 0.5) is 4.39 Å². The van der Waals surface area contributed by atoms with E-state index in [2.05, 4.69) is 27.3 Å². The van der Waals surface area contributed by atoms with Crippen LogP contribution in [0.1, 0.15) is 31.4 Å². The first-order chi connectivity index (χ1) is 13.0. The standard InChI is InChI=1S/C19H25FN6O/c1-14(15-3-4-17(22-11-15)26-13-16(20)12-23-26)25-10-9-24(2)19(18(25)27)5-7-21-8-6-19/h3-4,11-14,21H,5-10H2,1-2H3/t14-/m0/s1. The Hall–Kier alpha value is -2.32. The molecule has 7 nitrogen and oxygen atoms in total. The SMILES string of the molecule is C[C@@H](c1ccc(-n2cc(F)cn2)nc1)N1CCN(C)C2(CCNCC2)C1=O. The van der Waals surface area contributed by atoms with E-state index in [1.807, 2.05) is 17.9 Å². The maximum absolute atomic E-state index is 13.4. The normalized spacial score (nSPS) is 21.6. The van der Waals surface area contributed by atoms with Crippen LogP contribution in [0.15, 0.2) is 30.7 Å². The van der Waals surface area contributed by atoms with Gasteiger partial charge in [-0.1, -0.05) is 6.07 Å². The first kappa shape index (κ1) is 18.1. The lowest BCUT2D eigenvalue weighted by Crippen LogP contribution is -2.67. The minimum absolute atomic E-state index is 0.0612. The van der Waals surface area contributed by atoms with E-state index >= 15 is 0 Å². The molecule has 4 heterocycles. The molecule has 4 rings (SSSR count). The number of halogens is 1. The summed E-state index contributed by atoms with van der Waals surface area (Å²) in [7, 11) is 2.06. The van der Waals surface area contributed by atoms with Crippen LogP contribution in [0.3, 0.4) is 0 Å². The van der Waals surface area contributed by atoms with E-state index in [9.17, 15) is 9.18 Å². The summed E-state index contributed by atoms with van der Waals surface area (Å²) >= 11 is 0. The number of piperazine rings is 1. The Morgan fingerprint density at radius 3 is 2.63 bits per heavy atom. The average molecular weight is 372 g/mol. The van der Waals surface area contributed by atoms with Crippen molar-refractivity contribution in [2.75, 3.05) is 33.2 Å². The first-order valence-electron chi connectivity index (χ1n) is 9.41. The maximum atomic E-state index is 13.4. The summed E-state index contributed by atoms with van der Waals surface area (Å²) < 4.78 is 14.5. The number of aromatic nitrogens is 3. The lowest BCUT2D eigenvalue weighted by molar-refractivity contribution is -0.155. The number of likely N-dealkylation sites (N-methyl/N-ethyl adjacent to an activating group) is 1. The summed E-state index contributed by atoms with van der Waals surface area (Å²) in [6, 6.07) is 3.68. The number of nitrogens with one attached hydrogen (secondary N) is 1. The largest absolute Gasteiger partial charge is 0.333 e. The number of pyridine rings is 1. The summed E-state index contributed by atoms with van der Waals surface area (Å²) in [4.78, 5) is 22.0. The van der Waals surface area contributed by atoms with Gasteiger partial charge in [0, 0.05) is 19.3 Å². The van der Waals surface area contributed by atoms with E-state index in [1.54, 1.807) is 12.3 Å². The van der Waals surface area contributed by atoms with Crippen LogP contribution in [0.5, 0.6) is 0 Å². The molecule has 8 heteroatoms.